The van der Waals surface area contributed by atoms with Gasteiger partial charge < -0.3 is 18.8 Å². The van der Waals surface area contributed by atoms with Gasteiger partial charge in [0.15, 0.2) is 10.4 Å². The first kappa shape index (κ1) is 16.2. The summed E-state index contributed by atoms with van der Waals surface area (Å²) in [5.74, 6) is 0.171. The van der Waals surface area contributed by atoms with Crippen LogP contribution in [0.4, 0.5) is 0 Å². The molecule has 1 aromatic rings. The van der Waals surface area contributed by atoms with Crippen molar-refractivity contribution in [2.24, 2.45) is 0 Å². The van der Waals surface area contributed by atoms with Crippen LogP contribution in [0.15, 0.2) is 21.2 Å². The highest BCUT2D eigenvalue weighted by Gasteiger charge is 2.18. The standard InChI is InChI=1S/C13H20BrNO4/c1-3-17-9-7-15(8-10-18-4-2)13(16)11-5-6-12(14)19-11/h5-6H,3-4,7-10H2,1-2H3. The van der Waals surface area contributed by atoms with Gasteiger partial charge in [-0.1, -0.05) is 0 Å². The monoisotopic (exact) mass is 333 g/mol. The molecule has 1 heterocycles. The van der Waals surface area contributed by atoms with Gasteiger partial charge in [-0.15, -0.1) is 0 Å². The second-order valence-electron chi connectivity index (χ2n) is 3.79. The number of halogens is 1. The van der Waals surface area contributed by atoms with Crippen LogP contribution in [0.2, 0.25) is 0 Å². The Kier molecular flexibility index (Phi) is 7.78. The van der Waals surface area contributed by atoms with Crippen molar-refractivity contribution >= 4 is 21.8 Å². The van der Waals surface area contributed by atoms with Gasteiger partial charge in [0.05, 0.1) is 13.2 Å². The van der Waals surface area contributed by atoms with Crippen LogP contribution in [0.5, 0.6) is 0 Å². The highest BCUT2D eigenvalue weighted by Crippen LogP contribution is 2.15. The number of hydrogen-bond donors (Lipinski definition) is 0. The molecular formula is C13H20BrNO4. The van der Waals surface area contributed by atoms with Gasteiger partial charge in [0.25, 0.3) is 5.91 Å². The number of hydrogen-bond acceptors (Lipinski definition) is 4. The summed E-state index contributed by atoms with van der Waals surface area (Å²) >= 11 is 3.19. The highest BCUT2D eigenvalue weighted by molar-refractivity contribution is 9.10. The van der Waals surface area contributed by atoms with E-state index in [1.54, 1.807) is 17.0 Å². The number of amides is 1. The zero-order valence-corrected chi connectivity index (χ0v) is 12.9. The first-order chi connectivity index (χ1) is 9.19. The third-order valence-electron chi connectivity index (χ3n) is 2.49. The van der Waals surface area contributed by atoms with Gasteiger partial charge in [-0.25, -0.2) is 0 Å². The molecule has 5 nitrogen and oxygen atoms in total. The molecule has 108 valence electrons. The summed E-state index contributed by atoms with van der Waals surface area (Å²) in [6, 6.07) is 3.36. The van der Waals surface area contributed by atoms with Gasteiger partial charge in [0.2, 0.25) is 0 Å². The molecule has 0 aliphatic heterocycles. The molecule has 19 heavy (non-hydrogen) atoms. The topological polar surface area (TPSA) is 51.9 Å². The minimum Gasteiger partial charge on any atom is -0.444 e. The zero-order valence-electron chi connectivity index (χ0n) is 11.4. The number of nitrogens with zero attached hydrogens (tertiary/aromatic N) is 1. The summed E-state index contributed by atoms with van der Waals surface area (Å²) in [6.07, 6.45) is 0. The van der Waals surface area contributed by atoms with Crippen molar-refractivity contribution in [3.8, 4) is 0 Å². The summed E-state index contributed by atoms with van der Waals surface area (Å²) < 4.78 is 16.4. The molecule has 0 saturated carbocycles. The van der Waals surface area contributed by atoms with E-state index in [-0.39, 0.29) is 5.91 Å². The number of ether oxygens (including phenoxy) is 2. The molecule has 0 aliphatic carbocycles. The molecule has 0 N–H and O–H groups in total. The SMILES string of the molecule is CCOCCN(CCOCC)C(=O)c1ccc(Br)o1. The molecule has 6 heteroatoms. The fraction of sp³-hybridized carbons (Fsp3) is 0.615. The molecule has 0 bridgehead atoms. The van der Waals surface area contributed by atoms with Crippen molar-refractivity contribution in [1.29, 1.82) is 0 Å². The van der Waals surface area contributed by atoms with Crippen molar-refractivity contribution in [3.05, 3.63) is 22.6 Å². The molecule has 0 atom stereocenters. The molecule has 0 unspecified atom stereocenters. The lowest BCUT2D eigenvalue weighted by Crippen LogP contribution is -2.36. The Hall–Kier alpha value is -0.850. The Morgan fingerprint density at radius 2 is 1.79 bits per heavy atom. The van der Waals surface area contributed by atoms with Crippen molar-refractivity contribution in [2.75, 3.05) is 39.5 Å². The molecular weight excluding hydrogens is 314 g/mol. The van der Waals surface area contributed by atoms with E-state index in [0.717, 1.165) is 0 Å². The number of carbonyl (C=O) groups is 1. The summed E-state index contributed by atoms with van der Waals surface area (Å²) in [7, 11) is 0. The molecule has 1 amide bonds. The smallest absolute Gasteiger partial charge is 0.289 e. The minimum atomic E-state index is -0.148. The van der Waals surface area contributed by atoms with E-state index in [4.69, 9.17) is 13.9 Å². The van der Waals surface area contributed by atoms with Gasteiger partial charge in [0.1, 0.15) is 0 Å². The normalized spacial score (nSPS) is 10.7. The van der Waals surface area contributed by atoms with E-state index in [9.17, 15) is 4.79 Å². The Balaban J connectivity index is 2.57. The first-order valence-electron chi connectivity index (χ1n) is 6.39. The average Bonchev–Trinajstić information content (AvgIpc) is 2.83. The fourth-order valence-corrected chi connectivity index (χ4v) is 1.84. The Labute approximate surface area is 122 Å². The number of carbonyl (C=O) groups excluding carboxylic acids is 1. The molecule has 0 spiro atoms. The molecule has 0 aromatic carbocycles. The minimum absolute atomic E-state index is 0.148. The van der Waals surface area contributed by atoms with Crippen LogP contribution in [0.1, 0.15) is 24.4 Å². The lowest BCUT2D eigenvalue weighted by molar-refractivity contribution is 0.0523. The lowest BCUT2D eigenvalue weighted by atomic mass is 10.3. The first-order valence-corrected chi connectivity index (χ1v) is 7.18. The van der Waals surface area contributed by atoms with E-state index in [1.807, 2.05) is 13.8 Å². The van der Waals surface area contributed by atoms with Crippen molar-refractivity contribution < 1.29 is 18.7 Å². The molecule has 0 saturated heterocycles. The van der Waals surface area contributed by atoms with Crippen molar-refractivity contribution in [1.82, 2.24) is 4.90 Å². The maximum atomic E-state index is 12.2. The van der Waals surface area contributed by atoms with Crippen LogP contribution >= 0.6 is 15.9 Å². The molecule has 0 aliphatic rings. The summed E-state index contributed by atoms with van der Waals surface area (Å²) in [5.41, 5.74) is 0. The highest BCUT2D eigenvalue weighted by atomic mass is 79.9. The lowest BCUT2D eigenvalue weighted by Gasteiger charge is -2.21. The molecule has 0 radical (unpaired) electrons. The maximum absolute atomic E-state index is 12.2. The molecule has 0 fully saturated rings. The Bertz CT molecular complexity index is 370. The molecule has 1 aromatic heterocycles. The van der Waals surface area contributed by atoms with E-state index in [1.165, 1.54) is 0 Å². The van der Waals surface area contributed by atoms with Crippen LogP contribution < -0.4 is 0 Å². The molecule has 1 rings (SSSR count). The third kappa shape index (κ3) is 5.76. The van der Waals surface area contributed by atoms with Gasteiger partial charge >= 0.3 is 0 Å². The third-order valence-corrected chi connectivity index (χ3v) is 2.92. The predicted octanol–water partition coefficient (Wildman–Crippen LogP) is 2.56. The maximum Gasteiger partial charge on any atom is 0.289 e. The van der Waals surface area contributed by atoms with Crippen LogP contribution in [0.3, 0.4) is 0 Å². The summed E-state index contributed by atoms with van der Waals surface area (Å²) in [5, 5.41) is 0. The van der Waals surface area contributed by atoms with E-state index in [2.05, 4.69) is 15.9 Å². The second kappa shape index (κ2) is 9.12. The summed E-state index contributed by atoms with van der Waals surface area (Å²) in [4.78, 5) is 13.9. The number of furan rings is 1. The number of rotatable bonds is 9. The van der Waals surface area contributed by atoms with Gasteiger partial charge in [-0.3, -0.25) is 4.79 Å². The Morgan fingerprint density at radius 3 is 2.21 bits per heavy atom. The van der Waals surface area contributed by atoms with Gasteiger partial charge in [-0.2, -0.15) is 0 Å². The van der Waals surface area contributed by atoms with Gasteiger partial charge in [-0.05, 0) is 41.9 Å². The Morgan fingerprint density at radius 1 is 1.21 bits per heavy atom. The van der Waals surface area contributed by atoms with E-state index >= 15 is 0 Å². The van der Waals surface area contributed by atoms with E-state index < -0.39 is 0 Å². The van der Waals surface area contributed by atoms with Crippen molar-refractivity contribution in [2.45, 2.75) is 13.8 Å². The van der Waals surface area contributed by atoms with Gasteiger partial charge in [0, 0.05) is 26.3 Å². The predicted molar refractivity (Wildman–Crippen MR) is 75.3 cm³/mol. The quantitative estimate of drug-likeness (QED) is 0.652. The van der Waals surface area contributed by atoms with Crippen LogP contribution in [-0.2, 0) is 9.47 Å². The van der Waals surface area contributed by atoms with Crippen LogP contribution in [0, 0.1) is 0 Å². The van der Waals surface area contributed by atoms with Crippen LogP contribution in [-0.4, -0.2) is 50.3 Å². The zero-order chi connectivity index (χ0) is 14.1. The average molecular weight is 334 g/mol. The van der Waals surface area contributed by atoms with E-state index in [0.29, 0.717) is 49.9 Å². The van der Waals surface area contributed by atoms with Crippen LogP contribution in [0.25, 0.3) is 0 Å². The fourth-order valence-electron chi connectivity index (χ4n) is 1.54. The summed E-state index contributed by atoms with van der Waals surface area (Å²) in [6.45, 7) is 7.20. The second-order valence-corrected chi connectivity index (χ2v) is 4.57. The largest absolute Gasteiger partial charge is 0.444 e. The van der Waals surface area contributed by atoms with Crippen molar-refractivity contribution in [3.63, 3.8) is 0 Å².